The van der Waals surface area contributed by atoms with Gasteiger partial charge in [-0.3, -0.25) is 4.79 Å². The summed E-state index contributed by atoms with van der Waals surface area (Å²) in [7, 11) is 0. The van der Waals surface area contributed by atoms with Crippen LogP contribution < -0.4 is 0 Å². The van der Waals surface area contributed by atoms with Crippen LogP contribution in [0.15, 0.2) is 16.6 Å². The zero-order valence-electron chi connectivity index (χ0n) is 12.6. The molecule has 0 spiro atoms. The third-order valence-electron chi connectivity index (χ3n) is 1.99. The lowest BCUT2D eigenvalue weighted by atomic mass is 10.0. The van der Waals surface area contributed by atoms with E-state index in [0.29, 0.717) is 11.8 Å². The van der Waals surface area contributed by atoms with Crippen LogP contribution in [0.4, 0.5) is 0 Å². The van der Waals surface area contributed by atoms with E-state index in [1.807, 2.05) is 13.0 Å². The van der Waals surface area contributed by atoms with Crippen molar-refractivity contribution in [3.05, 3.63) is 33.3 Å². The first-order valence-electron chi connectivity index (χ1n) is 6.25. The van der Waals surface area contributed by atoms with Crippen LogP contribution in [0.25, 0.3) is 0 Å². The Labute approximate surface area is 120 Å². The van der Waals surface area contributed by atoms with Crippen LogP contribution in [0.2, 0.25) is 0 Å². The number of Topliss-reactive ketones (excluding diaryl/α,β-unsaturated/α-hetero) is 1. The van der Waals surface area contributed by atoms with Crippen molar-refractivity contribution < 1.29 is 4.79 Å². The van der Waals surface area contributed by atoms with Crippen LogP contribution in [0.3, 0.4) is 0 Å². The number of aryl methyl sites for hydroxylation is 2. The number of rotatable bonds is 2. The van der Waals surface area contributed by atoms with Gasteiger partial charge >= 0.3 is 0 Å². The molecule has 0 saturated carbocycles. The standard InChI is InChI=1S/C11H13BrO.C5H12/c1-7-4-8(2)10(6-9(3)13)11(12)5-7;1-5(2,3)4/h4-5H,6H2,1-3H3;1-4H3. The Morgan fingerprint density at radius 1 is 1.17 bits per heavy atom. The number of halogens is 1. The van der Waals surface area contributed by atoms with E-state index >= 15 is 0 Å². The van der Waals surface area contributed by atoms with Gasteiger partial charge in [0.05, 0.1) is 0 Å². The molecular weight excluding hydrogens is 288 g/mol. The number of carbonyl (C=O) groups excluding carboxylic acids is 1. The molecule has 102 valence electrons. The molecule has 0 aliphatic heterocycles. The SMILES string of the molecule is CC(=O)Cc1c(C)cc(C)cc1Br.CC(C)(C)C. The van der Waals surface area contributed by atoms with Gasteiger partial charge < -0.3 is 0 Å². The predicted octanol–water partition coefficient (Wildman–Crippen LogP) is 5.25. The van der Waals surface area contributed by atoms with Crippen molar-refractivity contribution in [1.82, 2.24) is 0 Å². The predicted molar refractivity (Wildman–Crippen MR) is 83.1 cm³/mol. The fourth-order valence-electron chi connectivity index (χ4n) is 1.42. The quantitative estimate of drug-likeness (QED) is 0.729. The molecule has 0 aromatic heterocycles. The minimum Gasteiger partial charge on any atom is -0.300 e. The highest BCUT2D eigenvalue weighted by molar-refractivity contribution is 9.10. The lowest BCUT2D eigenvalue weighted by Gasteiger charge is -2.07. The Kier molecular flexibility index (Phi) is 6.83. The van der Waals surface area contributed by atoms with Crippen molar-refractivity contribution in [2.45, 2.75) is 54.9 Å². The van der Waals surface area contributed by atoms with Crippen molar-refractivity contribution in [1.29, 1.82) is 0 Å². The molecule has 0 aliphatic carbocycles. The zero-order chi connectivity index (χ0) is 14.5. The maximum atomic E-state index is 11.0. The summed E-state index contributed by atoms with van der Waals surface area (Å²) in [6, 6.07) is 4.15. The molecule has 18 heavy (non-hydrogen) atoms. The van der Waals surface area contributed by atoms with E-state index in [0.717, 1.165) is 10.0 Å². The molecule has 1 rings (SSSR count). The average Bonchev–Trinajstić information content (AvgIpc) is 2.07. The molecule has 0 N–H and O–H groups in total. The van der Waals surface area contributed by atoms with E-state index < -0.39 is 0 Å². The molecule has 0 aliphatic rings. The fourth-order valence-corrected chi connectivity index (χ4v) is 2.23. The summed E-state index contributed by atoms with van der Waals surface area (Å²) in [5.41, 5.74) is 4.01. The lowest BCUT2D eigenvalue weighted by Crippen LogP contribution is -2.00. The Hall–Kier alpha value is -0.630. The summed E-state index contributed by atoms with van der Waals surface area (Å²) in [5.74, 6) is 0.202. The van der Waals surface area contributed by atoms with E-state index in [9.17, 15) is 4.79 Å². The Bertz CT molecular complexity index is 385. The van der Waals surface area contributed by atoms with E-state index in [1.54, 1.807) is 6.92 Å². The molecule has 0 atom stereocenters. The number of ketones is 1. The number of carbonyl (C=O) groups is 1. The van der Waals surface area contributed by atoms with Gasteiger partial charge in [0.1, 0.15) is 5.78 Å². The van der Waals surface area contributed by atoms with Gasteiger partial charge in [0.25, 0.3) is 0 Å². The highest BCUT2D eigenvalue weighted by Crippen LogP contribution is 2.23. The van der Waals surface area contributed by atoms with Gasteiger partial charge in [-0.1, -0.05) is 49.7 Å². The molecule has 0 unspecified atom stereocenters. The minimum atomic E-state index is 0.202. The van der Waals surface area contributed by atoms with Gasteiger partial charge in [-0.2, -0.15) is 0 Å². The molecule has 0 radical (unpaired) electrons. The lowest BCUT2D eigenvalue weighted by molar-refractivity contribution is -0.116. The third kappa shape index (κ3) is 8.46. The van der Waals surface area contributed by atoms with Gasteiger partial charge in [0, 0.05) is 10.9 Å². The van der Waals surface area contributed by atoms with Crippen molar-refractivity contribution in [2.24, 2.45) is 5.41 Å². The van der Waals surface area contributed by atoms with E-state index in [-0.39, 0.29) is 5.78 Å². The van der Waals surface area contributed by atoms with Gasteiger partial charge in [0.2, 0.25) is 0 Å². The van der Waals surface area contributed by atoms with E-state index in [4.69, 9.17) is 0 Å². The molecule has 0 saturated heterocycles. The van der Waals surface area contributed by atoms with E-state index in [2.05, 4.69) is 56.6 Å². The third-order valence-corrected chi connectivity index (χ3v) is 2.70. The van der Waals surface area contributed by atoms with Crippen molar-refractivity contribution in [3.8, 4) is 0 Å². The highest BCUT2D eigenvalue weighted by Gasteiger charge is 2.06. The molecule has 1 aromatic rings. The summed E-state index contributed by atoms with van der Waals surface area (Å²) in [5, 5.41) is 0. The first-order valence-corrected chi connectivity index (χ1v) is 7.05. The van der Waals surface area contributed by atoms with Crippen LogP contribution in [0.5, 0.6) is 0 Å². The van der Waals surface area contributed by atoms with Crippen molar-refractivity contribution in [2.75, 3.05) is 0 Å². The molecule has 0 heterocycles. The fraction of sp³-hybridized carbons (Fsp3) is 0.562. The Morgan fingerprint density at radius 2 is 1.61 bits per heavy atom. The smallest absolute Gasteiger partial charge is 0.134 e. The second-order valence-corrected chi connectivity index (χ2v) is 7.28. The molecule has 0 fully saturated rings. The first kappa shape index (κ1) is 17.4. The number of hydrogen-bond donors (Lipinski definition) is 0. The van der Waals surface area contributed by atoms with Gasteiger partial charge in [-0.15, -0.1) is 0 Å². The van der Waals surface area contributed by atoms with Crippen molar-refractivity contribution >= 4 is 21.7 Å². The normalized spacial score (nSPS) is 10.7. The van der Waals surface area contributed by atoms with Crippen LogP contribution in [0, 0.1) is 19.3 Å². The monoisotopic (exact) mass is 312 g/mol. The topological polar surface area (TPSA) is 17.1 Å². The maximum Gasteiger partial charge on any atom is 0.134 e. The summed E-state index contributed by atoms with van der Waals surface area (Å²) >= 11 is 3.47. The van der Waals surface area contributed by atoms with Gasteiger partial charge in [0.15, 0.2) is 0 Å². The van der Waals surface area contributed by atoms with Crippen molar-refractivity contribution in [3.63, 3.8) is 0 Å². The molecule has 1 nitrogen and oxygen atoms in total. The second-order valence-electron chi connectivity index (χ2n) is 6.42. The second kappa shape index (κ2) is 7.08. The molecule has 0 amide bonds. The minimum absolute atomic E-state index is 0.202. The number of hydrogen-bond acceptors (Lipinski definition) is 1. The van der Waals surface area contributed by atoms with Gasteiger partial charge in [-0.05, 0) is 48.9 Å². The average molecular weight is 313 g/mol. The van der Waals surface area contributed by atoms with Crippen LogP contribution in [-0.4, -0.2) is 5.78 Å². The molecule has 2 heteroatoms. The largest absolute Gasteiger partial charge is 0.300 e. The summed E-state index contributed by atoms with van der Waals surface area (Å²) in [4.78, 5) is 11.0. The highest BCUT2D eigenvalue weighted by atomic mass is 79.9. The van der Waals surface area contributed by atoms with Crippen LogP contribution in [-0.2, 0) is 11.2 Å². The van der Waals surface area contributed by atoms with Crippen LogP contribution >= 0.6 is 15.9 Å². The van der Waals surface area contributed by atoms with Gasteiger partial charge in [-0.25, -0.2) is 0 Å². The Balaban J connectivity index is 0.000000494. The maximum absolute atomic E-state index is 11.0. The summed E-state index contributed by atoms with van der Waals surface area (Å²) < 4.78 is 1.04. The summed E-state index contributed by atoms with van der Waals surface area (Å²) in [6.45, 7) is 14.5. The number of benzene rings is 1. The van der Waals surface area contributed by atoms with E-state index in [1.165, 1.54) is 11.1 Å². The molecule has 0 bridgehead atoms. The Morgan fingerprint density at radius 3 is 1.94 bits per heavy atom. The summed E-state index contributed by atoms with van der Waals surface area (Å²) in [6.07, 6.45) is 0.521. The zero-order valence-corrected chi connectivity index (χ0v) is 14.2. The molecular formula is C16H25BrO. The first-order chi connectivity index (χ1) is 8.00. The van der Waals surface area contributed by atoms with Crippen LogP contribution in [0.1, 0.15) is 51.3 Å². The molecule has 1 aromatic carbocycles.